The molecule has 1 aliphatic heterocycles. The van der Waals surface area contributed by atoms with Gasteiger partial charge in [-0.25, -0.2) is 0 Å². The number of nitrogen functional groups attached to an aromatic ring is 1. The summed E-state index contributed by atoms with van der Waals surface area (Å²) in [5.41, 5.74) is 6.62. The molecule has 3 rings (SSSR count). The van der Waals surface area contributed by atoms with E-state index in [1.807, 2.05) is 10.9 Å². The van der Waals surface area contributed by atoms with E-state index in [1.165, 1.54) is 19.3 Å². The van der Waals surface area contributed by atoms with E-state index < -0.39 is 0 Å². The van der Waals surface area contributed by atoms with Crippen molar-refractivity contribution in [2.75, 3.05) is 12.3 Å². The second kappa shape index (κ2) is 3.23. The minimum atomic E-state index is 0.184. The second-order valence-corrected chi connectivity index (χ2v) is 4.79. The van der Waals surface area contributed by atoms with E-state index in [2.05, 4.69) is 5.10 Å². The maximum atomic E-state index is 5.89. The lowest BCUT2D eigenvalue weighted by atomic mass is 9.74. The van der Waals surface area contributed by atoms with Crippen LogP contribution in [0.1, 0.15) is 38.1 Å². The zero-order valence-corrected chi connectivity index (χ0v) is 8.85. The lowest BCUT2D eigenvalue weighted by Gasteiger charge is -2.47. The van der Waals surface area contributed by atoms with E-state index in [9.17, 15) is 0 Å². The van der Waals surface area contributed by atoms with Crippen molar-refractivity contribution in [1.29, 1.82) is 0 Å². The van der Waals surface area contributed by atoms with Crippen LogP contribution in [0.4, 0.5) is 5.69 Å². The summed E-state index contributed by atoms with van der Waals surface area (Å²) in [5.74, 6) is 0. The van der Waals surface area contributed by atoms with Gasteiger partial charge in [0.2, 0.25) is 0 Å². The molecule has 2 fully saturated rings. The lowest BCUT2D eigenvalue weighted by molar-refractivity contribution is -0.141. The van der Waals surface area contributed by atoms with Gasteiger partial charge in [0.1, 0.15) is 0 Å². The Bertz CT molecular complexity index is 356. The Kier molecular flexibility index (Phi) is 1.99. The van der Waals surface area contributed by atoms with E-state index in [-0.39, 0.29) is 5.60 Å². The molecule has 0 aromatic carbocycles. The first-order chi connectivity index (χ1) is 7.27. The lowest BCUT2D eigenvalue weighted by Crippen LogP contribution is -2.46. The molecular weight excluding hydrogens is 190 g/mol. The fourth-order valence-electron chi connectivity index (χ4n) is 2.70. The summed E-state index contributed by atoms with van der Waals surface area (Å²) < 4.78 is 7.90. The Morgan fingerprint density at radius 2 is 2.40 bits per heavy atom. The number of ether oxygens (including phenoxy) is 1. The molecule has 1 aromatic rings. The van der Waals surface area contributed by atoms with Crippen LogP contribution in [0.3, 0.4) is 0 Å². The number of nitrogens with zero attached hydrogens (tertiary/aromatic N) is 2. The molecule has 15 heavy (non-hydrogen) atoms. The summed E-state index contributed by atoms with van der Waals surface area (Å²) in [5, 5.41) is 4.30. The van der Waals surface area contributed by atoms with Crippen molar-refractivity contribution in [1.82, 2.24) is 9.78 Å². The highest BCUT2D eigenvalue weighted by molar-refractivity contribution is 5.30. The Hall–Kier alpha value is -1.03. The normalized spacial score (nSPS) is 28.9. The van der Waals surface area contributed by atoms with E-state index >= 15 is 0 Å². The Morgan fingerprint density at radius 3 is 3.00 bits per heavy atom. The van der Waals surface area contributed by atoms with Crippen molar-refractivity contribution >= 4 is 5.69 Å². The summed E-state index contributed by atoms with van der Waals surface area (Å²) in [4.78, 5) is 0. The van der Waals surface area contributed by atoms with Gasteiger partial charge in [0, 0.05) is 12.8 Å². The van der Waals surface area contributed by atoms with Gasteiger partial charge < -0.3 is 10.5 Å². The standard InChI is InChI=1S/C11H17N3O/c12-9-7-13-14(8-9)10-2-5-15-11(6-10)3-1-4-11/h7-8,10H,1-6,12H2. The molecule has 2 heterocycles. The smallest absolute Gasteiger partial charge is 0.0719 e. The zero-order chi connectivity index (χ0) is 10.3. The quantitative estimate of drug-likeness (QED) is 0.763. The molecule has 0 bridgehead atoms. The van der Waals surface area contributed by atoms with Crippen LogP contribution in [0.5, 0.6) is 0 Å². The minimum Gasteiger partial charge on any atom is -0.396 e. The summed E-state index contributed by atoms with van der Waals surface area (Å²) in [6, 6.07) is 0.483. The van der Waals surface area contributed by atoms with Crippen LogP contribution < -0.4 is 5.73 Å². The van der Waals surface area contributed by atoms with Gasteiger partial charge in [0.25, 0.3) is 0 Å². The number of hydrogen-bond acceptors (Lipinski definition) is 3. The molecule has 1 atom stereocenters. The minimum absolute atomic E-state index is 0.184. The topological polar surface area (TPSA) is 53.1 Å². The third kappa shape index (κ3) is 1.53. The van der Waals surface area contributed by atoms with Gasteiger partial charge in [0.05, 0.1) is 23.5 Å². The SMILES string of the molecule is Nc1cnn(C2CCOC3(CCC3)C2)c1. The van der Waals surface area contributed by atoms with E-state index in [4.69, 9.17) is 10.5 Å². The molecule has 0 amide bonds. The number of nitrogens with two attached hydrogens (primary N) is 1. The average molecular weight is 207 g/mol. The van der Waals surface area contributed by atoms with Crippen molar-refractivity contribution in [3.8, 4) is 0 Å². The molecule has 4 nitrogen and oxygen atoms in total. The summed E-state index contributed by atoms with van der Waals surface area (Å²) in [6.07, 6.45) is 9.58. The van der Waals surface area contributed by atoms with Gasteiger partial charge in [0.15, 0.2) is 0 Å². The van der Waals surface area contributed by atoms with Crippen LogP contribution in [-0.4, -0.2) is 22.0 Å². The molecule has 2 aliphatic rings. The van der Waals surface area contributed by atoms with Gasteiger partial charge in [-0.15, -0.1) is 0 Å². The molecule has 1 unspecified atom stereocenters. The summed E-state index contributed by atoms with van der Waals surface area (Å²) >= 11 is 0. The van der Waals surface area contributed by atoms with Gasteiger partial charge in [-0.3, -0.25) is 4.68 Å². The van der Waals surface area contributed by atoms with Gasteiger partial charge >= 0.3 is 0 Å². The first-order valence-corrected chi connectivity index (χ1v) is 5.71. The Labute approximate surface area is 89.4 Å². The van der Waals surface area contributed by atoms with Crippen LogP contribution in [0.2, 0.25) is 0 Å². The van der Waals surface area contributed by atoms with E-state index in [1.54, 1.807) is 6.20 Å². The largest absolute Gasteiger partial charge is 0.396 e. The first-order valence-electron chi connectivity index (χ1n) is 5.71. The van der Waals surface area contributed by atoms with Gasteiger partial charge in [-0.2, -0.15) is 5.10 Å². The van der Waals surface area contributed by atoms with E-state index in [0.29, 0.717) is 6.04 Å². The Morgan fingerprint density at radius 1 is 1.53 bits per heavy atom. The third-order valence-electron chi connectivity index (χ3n) is 3.73. The van der Waals surface area contributed by atoms with Crippen LogP contribution in [0.25, 0.3) is 0 Å². The maximum absolute atomic E-state index is 5.89. The highest BCUT2D eigenvalue weighted by Crippen LogP contribution is 2.45. The Balaban J connectivity index is 1.76. The van der Waals surface area contributed by atoms with Crippen LogP contribution in [-0.2, 0) is 4.74 Å². The van der Waals surface area contributed by atoms with Crippen molar-refractivity contribution in [2.45, 2.75) is 43.7 Å². The number of hydrogen-bond donors (Lipinski definition) is 1. The van der Waals surface area contributed by atoms with Crippen LogP contribution >= 0.6 is 0 Å². The fourth-order valence-corrected chi connectivity index (χ4v) is 2.70. The molecule has 1 aliphatic carbocycles. The predicted octanol–water partition coefficient (Wildman–Crippen LogP) is 1.74. The molecule has 82 valence electrons. The van der Waals surface area contributed by atoms with Crippen molar-refractivity contribution < 1.29 is 4.74 Å². The van der Waals surface area contributed by atoms with Gasteiger partial charge in [-0.05, 0) is 32.1 Å². The fraction of sp³-hybridized carbons (Fsp3) is 0.727. The highest BCUT2D eigenvalue weighted by atomic mass is 16.5. The van der Waals surface area contributed by atoms with Crippen molar-refractivity contribution in [3.63, 3.8) is 0 Å². The number of rotatable bonds is 1. The first kappa shape index (κ1) is 9.21. The zero-order valence-electron chi connectivity index (χ0n) is 8.85. The van der Waals surface area contributed by atoms with Gasteiger partial charge in [-0.1, -0.05) is 0 Å². The molecule has 4 heteroatoms. The number of aromatic nitrogens is 2. The molecular formula is C11H17N3O. The average Bonchev–Trinajstić information content (AvgIpc) is 2.63. The monoisotopic (exact) mass is 207 g/mol. The molecule has 1 saturated carbocycles. The predicted molar refractivity (Wildman–Crippen MR) is 57.4 cm³/mol. The molecule has 1 spiro atoms. The third-order valence-corrected chi connectivity index (χ3v) is 3.73. The summed E-state index contributed by atoms with van der Waals surface area (Å²) in [6.45, 7) is 0.866. The molecule has 0 radical (unpaired) electrons. The second-order valence-electron chi connectivity index (χ2n) is 4.79. The molecule has 1 aromatic heterocycles. The van der Waals surface area contributed by atoms with Crippen molar-refractivity contribution in [3.05, 3.63) is 12.4 Å². The number of anilines is 1. The molecule has 2 N–H and O–H groups in total. The van der Waals surface area contributed by atoms with Crippen molar-refractivity contribution in [2.24, 2.45) is 0 Å². The molecule has 1 saturated heterocycles. The highest BCUT2D eigenvalue weighted by Gasteiger charge is 2.43. The maximum Gasteiger partial charge on any atom is 0.0719 e. The van der Waals surface area contributed by atoms with Crippen LogP contribution in [0, 0.1) is 0 Å². The summed E-state index contributed by atoms with van der Waals surface area (Å²) in [7, 11) is 0. The van der Waals surface area contributed by atoms with Crippen LogP contribution in [0.15, 0.2) is 12.4 Å². The van der Waals surface area contributed by atoms with E-state index in [0.717, 1.165) is 25.1 Å².